The van der Waals surface area contributed by atoms with Crippen LogP contribution in [-0.2, 0) is 51.4 Å². The first kappa shape index (κ1) is 35.1. The van der Waals surface area contributed by atoms with Gasteiger partial charge < -0.3 is 20.4 Å². The van der Waals surface area contributed by atoms with Gasteiger partial charge >= 0.3 is 12.3 Å². The second-order valence-electron chi connectivity index (χ2n) is 11.2. The maximum absolute atomic E-state index is 12.2. The Hall–Kier alpha value is -4.34. The lowest BCUT2D eigenvalue weighted by atomic mass is 9.66. The second kappa shape index (κ2) is 15.6. The molecule has 2 aromatic carbocycles. The van der Waals surface area contributed by atoms with Gasteiger partial charge in [-0.3, -0.25) is 19.2 Å². The van der Waals surface area contributed by atoms with Crippen LogP contribution in [0.25, 0.3) is 0 Å². The standard InChI is InChI=1S/C15H17ClN2O2.C14H15ClN2O2.2CO2/c1-10-6-15(7-10)14(20)17-8-13(19)18(15)9-11-2-4-12(16)5-3-11;15-11-4-2-10(3-5-11)9-17-12(18)8-16-13(19)14(17)6-1-7-14;2*2-1-3/h2-5,10H,6-9H2,1H3,(H,17,20);2-5H,1,6-9H2,(H,16,19);;. The van der Waals surface area contributed by atoms with Gasteiger partial charge in [-0.2, -0.15) is 19.2 Å². The number of amides is 4. The van der Waals surface area contributed by atoms with E-state index in [0.717, 1.165) is 43.2 Å². The van der Waals surface area contributed by atoms with Crippen molar-refractivity contribution in [2.45, 2.75) is 63.2 Å². The van der Waals surface area contributed by atoms with Crippen molar-refractivity contribution in [2.75, 3.05) is 13.1 Å². The van der Waals surface area contributed by atoms with E-state index in [1.165, 1.54) is 0 Å². The first-order chi connectivity index (χ1) is 21.5. The van der Waals surface area contributed by atoms with E-state index in [0.29, 0.717) is 29.1 Å². The normalized spacial score (nSPS) is 22.3. The molecule has 12 nitrogen and oxygen atoms in total. The Morgan fingerprint density at radius 2 is 1.04 bits per heavy atom. The number of nitrogens with zero attached hydrogens (tertiary/aromatic N) is 2. The van der Waals surface area contributed by atoms with Gasteiger partial charge in [0.1, 0.15) is 11.1 Å². The third-order valence-corrected chi connectivity index (χ3v) is 8.85. The van der Waals surface area contributed by atoms with E-state index in [4.69, 9.17) is 42.4 Å². The average molecular weight is 660 g/mol. The molecule has 238 valence electrons. The smallest absolute Gasteiger partial charge is 0.345 e. The summed E-state index contributed by atoms with van der Waals surface area (Å²) in [5, 5.41) is 6.76. The monoisotopic (exact) mass is 658 g/mol. The van der Waals surface area contributed by atoms with Crippen molar-refractivity contribution < 1.29 is 38.4 Å². The van der Waals surface area contributed by atoms with Crippen LogP contribution < -0.4 is 10.6 Å². The Kier molecular flexibility index (Phi) is 12.2. The number of benzene rings is 2. The topological polar surface area (TPSA) is 167 Å². The summed E-state index contributed by atoms with van der Waals surface area (Å²) in [5.41, 5.74) is 0.763. The molecule has 0 bridgehead atoms. The molecule has 2 N–H and O–H groups in total. The number of hydrogen-bond acceptors (Lipinski definition) is 8. The first-order valence-electron chi connectivity index (χ1n) is 14.1. The van der Waals surface area contributed by atoms with Crippen molar-refractivity contribution in [1.29, 1.82) is 0 Å². The molecule has 2 heterocycles. The van der Waals surface area contributed by atoms with Crippen LogP contribution in [-0.4, -0.2) is 69.9 Å². The van der Waals surface area contributed by atoms with Crippen molar-refractivity contribution in [1.82, 2.24) is 20.4 Å². The summed E-state index contributed by atoms with van der Waals surface area (Å²) < 4.78 is 0. The molecule has 14 heteroatoms. The molecule has 4 aliphatic rings. The number of halogens is 2. The number of carbonyl (C=O) groups is 4. The largest absolute Gasteiger partial charge is 0.373 e. The molecular formula is C31H32Cl2N4O8. The van der Waals surface area contributed by atoms with E-state index in [1.807, 2.05) is 24.3 Å². The summed E-state index contributed by atoms with van der Waals surface area (Å²) in [4.78, 5) is 84.6. The van der Waals surface area contributed by atoms with Gasteiger partial charge in [-0.05, 0) is 73.4 Å². The molecule has 2 saturated carbocycles. The van der Waals surface area contributed by atoms with Gasteiger partial charge in [0, 0.05) is 23.1 Å². The predicted molar refractivity (Wildman–Crippen MR) is 158 cm³/mol. The summed E-state index contributed by atoms with van der Waals surface area (Å²) >= 11 is 11.7. The van der Waals surface area contributed by atoms with Gasteiger partial charge in [0.25, 0.3) is 0 Å². The zero-order chi connectivity index (χ0) is 33.2. The van der Waals surface area contributed by atoms with Gasteiger partial charge in [-0.15, -0.1) is 0 Å². The molecular weight excluding hydrogens is 627 g/mol. The van der Waals surface area contributed by atoms with Gasteiger partial charge in [-0.25, -0.2) is 0 Å². The highest BCUT2D eigenvalue weighted by molar-refractivity contribution is 6.30. The molecule has 2 saturated heterocycles. The molecule has 0 atom stereocenters. The molecule has 0 unspecified atom stereocenters. The van der Waals surface area contributed by atoms with Crippen LogP contribution in [0.15, 0.2) is 48.5 Å². The molecule has 0 aromatic heterocycles. The lowest BCUT2D eigenvalue weighted by molar-refractivity contribution is -0.193. The highest BCUT2D eigenvalue weighted by atomic mass is 35.5. The van der Waals surface area contributed by atoms with Gasteiger partial charge in [0.2, 0.25) is 23.6 Å². The first-order valence-corrected chi connectivity index (χ1v) is 14.9. The summed E-state index contributed by atoms with van der Waals surface area (Å²) in [7, 11) is 0. The van der Waals surface area contributed by atoms with E-state index in [9.17, 15) is 19.2 Å². The van der Waals surface area contributed by atoms with E-state index in [2.05, 4.69) is 17.6 Å². The minimum Gasteiger partial charge on any atom is -0.345 e. The molecule has 4 fully saturated rings. The van der Waals surface area contributed by atoms with Crippen molar-refractivity contribution in [3.8, 4) is 0 Å². The minimum absolute atomic E-state index is 0.00532. The summed E-state index contributed by atoms with van der Waals surface area (Å²) in [6.45, 7) is 3.26. The van der Waals surface area contributed by atoms with Crippen LogP contribution in [0.5, 0.6) is 0 Å². The maximum Gasteiger partial charge on any atom is 0.373 e. The van der Waals surface area contributed by atoms with Crippen LogP contribution in [0.1, 0.15) is 50.2 Å². The van der Waals surface area contributed by atoms with Crippen LogP contribution in [0.2, 0.25) is 10.0 Å². The lowest BCUT2D eigenvalue weighted by Crippen LogP contribution is -2.71. The molecule has 2 aliphatic heterocycles. The SMILES string of the molecule is CC1CC2(C1)C(=O)NCC(=O)N2Cc1ccc(Cl)cc1.O=C1CNC(=O)C2(CCC2)N1Cc1ccc(Cl)cc1.O=C=O.O=C=O. The van der Waals surface area contributed by atoms with Gasteiger partial charge in [-0.1, -0.05) is 54.4 Å². The minimum atomic E-state index is -0.631. The fourth-order valence-electron chi connectivity index (χ4n) is 6.09. The third-order valence-electron chi connectivity index (χ3n) is 8.34. The Labute approximate surface area is 269 Å². The van der Waals surface area contributed by atoms with Crippen molar-refractivity contribution in [3.63, 3.8) is 0 Å². The van der Waals surface area contributed by atoms with E-state index >= 15 is 0 Å². The Morgan fingerprint density at radius 1 is 0.689 bits per heavy atom. The molecule has 2 aliphatic carbocycles. The summed E-state index contributed by atoms with van der Waals surface area (Å²) in [6, 6.07) is 14.8. The molecule has 6 rings (SSSR count). The second-order valence-corrected chi connectivity index (χ2v) is 12.0. The van der Waals surface area contributed by atoms with Crippen LogP contribution in [0.3, 0.4) is 0 Å². The van der Waals surface area contributed by atoms with Crippen molar-refractivity contribution in [2.24, 2.45) is 5.92 Å². The Balaban J connectivity index is 0.000000209. The third kappa shape index (κ3) is 8.04. The number of carbonyl (C=O) groups excluding carboxylic acids is 8. The van der Waals surface area contributed by atoms with Gasteiger partial charge in [0.15, 0.2) is 0 Å². The summed E-state index contributed by atoms with van der Waals surface area (Å²) in [6.07, 6.45) is 4.52. The van der Waals surface area contributed by atoms with E-state index < -0.39 is 11.1 Å². The van der Waals surface area contributed by atoms with Crippen molar-refractivity contribution in [3.05, 3.63) is 69.7 Å². The maximum atomic E-state index is 12.2. The van der Waals surface area contributed by atoms with Crippen molar-refractivity contribution >= 4 is 59.1 Å². The average Bonchev–Trinajstić information content (AvgIpc) is 2.97. The summed E-state index contributed by atoms with van der Waals surface area (Å²) in [5.74, 6) is 0.455. The van der Waals surface area contributed by atoms with Gasteiger partial charge in [0.05, 0.1) is 13.1 Å². The molecule has 2 aromatic rings. The highest BCUT2D eigenvalue weighted by Gasteiger charge is 2.56. The zero-order valence-electron chi connectivity index (χ0n) is 24.5. The number of rotatable bonds is 4. The van der Waals surface area contributed by atoms with Crippen LogP contribution in [0, 0.1) is 5.92 Å². The number of hydrogen-bond donors (Lipinski definition) is 2. The fraction of sp³-hybridized carbons (Fsp3) is 0.419. The van der Waals surface area contributed by atoms with E-state index in [1.54, 1.807) is 34.1 Å². The highest BCUT2D eigenvalue weighted by Crippen LogP contribution is 2.44. The molecule has 2 spiro atoms. The van der Waals surface area contributed by atoms with E-state index in [-0.39, 0.29) is 49.0 Å². The molecule has 4 amide bonds. The molecule has 45 heavy (non-hydrogen) atoms. The predicted octanol–water partition coefficient (Wildman–Crippen LogP) is 2.52. The Morgan fingerprint density at radius 3 is 1.38 bits per heavy atom. The molecule has 0 radical (unpaired) electrons. The number of piperazine rings is 2. The fourth-order valence-corrected chi connectivity index (χ4v) is 6.34. The number of nitrogens with one attached hydrogen (secondary N) is 2. The van der Waals surface area contributed by atoms with Crippen LogP contribution in [0.4, 0.5) is 0 Å². The Bertz CT molecular complexity index is 1450. The quantitative estimate of drug-likeness (QED) is 0.505. The van der Waals surface area contributed by atoms with Crippen LogP contribution >= 0.6 is 23.2 Å². The zero-order valence-corrected chi connectivity index (χ0v) is 26.0. The lowest BCUT2D eigenvalue weighted by Gasteiger charge is -2.54.